The average molecular weight is 357 g/mol. The number of hydrogen-bond donors (Lipinski definition) is 1. The van der Waals surface area contributed by atoms with E-state index in [-0.39, 0.29) is 0 Å². The van der Waals surface area contributed by atoms with Gasteiger partial charge in [0.05, 0.1) is 0 Å². The second kappa shape index (κ2) is 8.12. The predicted octanol–water partition coefficient (Wildman–Crippen LogP) is 4.41. The molecule has 2 N–H and O–H groups in total. The highest BCUT2D eigenvalue weighted by molar-refractivity contribution is 6.39. The summed E-state index contributed by atoms with van der Waals surface area (Å²) in [6, 6.07) is 27.9. The monoisotopic (exact) mass is 357 g/mol. The highest BCUT2D eigenvalue weighted by atomic mass is 16.7. The molecule has 0 heterocycles. The van der Waals surface area contributed by atoms with Crippen LogP contribution in [0, 0.1) is 0 Å². The van der Waals surface area contributed by atoms with E-state index in [0.717, 1.165) is 21.5 Å². The van der Waals surface area contributed by atoms with Crippen LogP contribution in [0.15, 0.2) is 84.9 Å². The number of rotatable bonds is 7. The molecule has 4 rings (SSSR count). The lowest BCUT2D eigenvalue weighted by atomic mass is 10.1. The van der Waals surface area contributed by atoms with Crippen LogP contribution in [0.4, 0.5) is 0 Å². The topological polar surface area (TPSA) is 53.7 Å². The Kier molecular flexibility index (Phi) is 5.23. The molecule has 4 aromatic rings. The standard InChI is InChI=1S/C22H20BNO3/c24-15-16-25-23(26-21-13-5-9-17-7-1-3-11-19(17)21)27-22-14-6-10-18-8-2-4-12-20(18)22/h1-14H,15-16,24H2. The van der Waals surface area contributed by atoms with Gasteiger partial charge in [0.2, 0.25) is 0 Å². The Labute approximate surface area is 158 Å². The first-order valence-corrected chi connectivity index (χ1v) is 8.96. The van der Waals surface area contributed by atoms with Crippen molar-refractivity contribution in [1.82, 2.24) is 0 Å². The van der Waals surface area contributed by atoms with Gasteiger partial charge in [-0.1, -0.05) is 72.8 Å². The summed E-state index contributed by atoms with van der Waals surface area (Å²) in [6.07, 6.45) is 0. The smallest absolute Gasteiger partial charge is 0.500 e. The summed E-state index contributed by atoms with van der Waals surface area (Å²) in [5.74, 6) is 1.41. The van der Waals surface area contributed by atoms with Crippen LogP contribution >= 0.6 is 0 Å². The molecule has 0 aliphatic heterocycles. The Bertz CT molecular complexity index is 962. The van der Waals surface area contributed by atoms with E-state index in [0.29, 0.717) is 24.7 Å². The highest BCUT2D eigenvalue weighted by Crippen LogP contribution is 2.28. The number of fused-ring (bicyclic) bond motifs is 2. The minimum Gasteiger partial charge on any atom is -0.500 e. The van der Waals surface area contributed by atoms with Crippen molar-refractivity contribution in [3.8, 4) is 11.5 Å². The molecule has 0 amide bonds. The minimum absolute atomic E-state index is 0.334. The van der Waals surface area contributed by atoms with E-state index < -0.39 is 7.32 Å². The molecule has 0 spiro atoms. The average Bonchev–Trinajstić information content (AvgIpc) is 2.72. The van der Waals surface area contributed by atoms with Crippen molar-refractivity contribution in [1.29, 1.82) is 0 Å². The molecule has 0 bridgehead atoms. The Morgan fingerprint density at radius 3 is 1.63 bits per heavy atom. The van der Waals surface area contributed by atoms with Gasteiger partial charge in [-0.3, -0.25) is 0 Å². The van der Waals surface area contributed by atoms with Crippen LogP contribution in [0.25, 0.3) is 21.5 Å². The Morgan fingerprint density at radius 1 is 0.630 bits per heavy atom. The van der Waals surface area contributed by atoms with E-state index in [1.165, 1.54) is 0 Å². The molecule has 0 saturated carbocycles. The van der Waals surface area contributed by atoms with Gasteiger partial charge in [0, 0.05) is 23.9 Å². The van der Waals surface area contributed by atoms with E-state index in [1.54, 1.807) is 0 Å². The second-order valence-electron chi connectivity index (χ2n) is 6.14. The third kappa shape index (κ3) is 3.89. The van der Waals surface area contributed by atoms with E-state index in [1.807, 2.05) is 84.9 Å². The molecule has 4 aromatic carbocycles. The third-order valence-electron chi connectivity index (χ3n) is 4.32. The van der Waals surface area contributed by atoms with Gasteiger partial charge in [-0.05, 0) is 22.9 Å². The van der Waals surface area contributed by atoms with Gasteiger partial charge in [0.1, 0.15) is 11.5 Å². The lowest BCUT2D eigenvalue weighted by Gasteiger charge is -2.18. The van der Waals surface area contributed by atoms with Crippen LogP contribution in [0.2, 0.25) is 0 Å². The molecule has 0 aromatic heterocycles. The van der Waals surface area contributed by atoms with Crippen molar-refractivity contribution in [2.24, 2.45) is 5.73 Å². The molecule has 0 aliphatic carbocycles. The maximum absolute atomic E-state index is 6.08. The lowest BCUT2D eigenvalue weighted by molar-refractivity contribution is 0.208. The van der Waals surface area contributed by atoms with E-state index in [2.05, 4.69) is 0 Å². The molecular formula is C22H20BNO3. The van der Waals surface area contributed by atoms with Crippen LogP contribution in [0.5, 0.6) is 11.5 Å². The summed E-state index contributed by atoms with van der Waals surface area (Å²) in [7, 11) is -0.898. The Balaban J connectivity index is 1.65. The maximum atomic E-state index is 6.08. The normalized spacial score (nSPS) is 10.9. The van der Waals surface area contributed by atoms with Gasteiger partial charge in [-0.2, -0.15) is 0 Å². The van der Waals surface area contributed by atoms with Gasteiger partial charge < -0.3 is 19.7 Å². The summed E-state index contributed by atoms with van der Waals surface area (Å²) in [6.45, 7) is 0.717. The van der Waals surface area contributed by atoms with E-state index in [9.17, 15) is 0 Å². The summed E-state index contributed by atoms with van der Waals surface area (Å²) in [5, 5.41) is 4.20. The third-order valence-corrected chi connectivity index (χ3v) is 4.32. The van der Waals surface area contributed by atoms with Crippen molar-refractivity contribution in [2.45, 2.75) is 0 Å². The van der Waals surface area contributed by atoms with Crippen LogP contribution in [-0.2, 0) is 4.65 Å². The number of nitrogens with two attached hydrogens (primary N) is 1. The molecular weight excluding hydrogens is 337 g/mol. The molecule has 0 atom stereocenters. The van der Waals surface area contributed by atoms with Crippen LogP contribution in [0.1, 0.15) is 0 Å². The van der Waals surface area contributed by atoms with E-state index in [4.69, 9.17) is 19.7 Å². The van der Waals surface area contributed by atoms with Crippen molar-refractivity contribution in [3.05, 3.63) is 84.9 Å². The van der Waals surface area contributed by atoms with Crippen LogP contribution < -0.4 is 15.0 Å². The largest absolute Gasteiger partial charge is 0.788 e. The fraction of sp³-hybridized carbons (Fsp3) is 0.0909. The summed E-state index contributed by atoms with van der Waals surface area (Å²) >= 11 is 0. The highest BCUT2D eigenvalue weighted by Gasteiger charge is 2.28. The second-order valence-corrected chi connectivity index (χ2v) is 6.14. The first-order chi connectivity index (χ1) is 13.3. The Hall–Kier alpha value is -3.02. The molecule has 5 heteroatoms. The van der Waals surface area contributed by atoms with Gasteiger partial charge in [0.25, 0.3) is 0 Å². The number of benzene rings is 4. The first kappa shape index (κ1) is 17.4. The van der Waals surface area contributed by atoms with Crippen molar-refractivity contribution < 1.29 is 14.0 Å². The lowest BCUT2D eigenvalue weighted by Crippen LogP contribution is -2.35. The zero-order chi connectivity index (χ0) is 18.5. The molecule has 0 aliphatic rings. The van der Waals surface area contributed by atoms with Gasteiger partial charge >= 0.3 is 7.32 Å². The molecule has 0 saturated heterocycles. The fourth-order valence-electron chi connectivity index (χ4n) is 3.06. The zero-order valence-corrected chi connectivity index (χ0v) is 14.9. The Morgan fingerprint density at radius 2 is 1.11 bits per heavy atom. The van der Waals surface area contributed by atoms with Gasteiger partial charge in [-0.15, -0.1) is 0 Å². The summed E-state index contributed by atoms with van der Waals surface area (Å²) < 4.78 is 17.9. The van der Waals surface area contributed by atoms with Crippen LogP contribution in [0.3, 0.4) is 0 Å². The molecule has 0 radical (unpaired) electrons. The van der Waals surface area contributed by atoms with E-state index >= 15 is 0 Å². The van der Waals surface area contributed by atoms with Crippen molar-refractivity contribution in [3.63, 3.8) is 0 Å². The quantitative estimate of drug-likeness (QED) is 0.498. The molecule has 0 fully saturated rings. The predicted molar refractivity (Wildman–Crippen MR) is 110 cm³/mol. The molecule has 4 nitrogen and oxygen atoms in total. The molecule has 134 valence electrons. The van der Waals surface area contributed by atoms with Crippen molar-refractivity contribution >= 4 is 28.9 Å². The summed E-state index contributed by atoms with van der Waals surface area (Å²) in [5.41, 5.74) is 5.61. The minimum atomic E-state index is -0.898. The number of hydrogen-bond acceptors (Lipinski definition) is 4. The molecule has 0 unspecified atom stereocenters. The fourth-order valence-corrected chi connectivity index (χ4v) is 3.06. The van der Waals surface area contributed by atoms with Crippen molar-refractivity contribution in [2.75, 3.05) is 13.2 Å². The zero-order valence-electron chi connectivity index (χ0n) is 14.9. The van der Waals surface area contributed by atoms with Crippen LogP contribution in [-0.4, -0.2) is 20.5 Å². The van der Waals surface area contributed by atoms with Gasteiger partial charge in [-0.25, -0.2) is 0 Å². The molecule has 27 heavy (non-hydrogen) atoms. The first-order valence-electron chi connectivity index (χ1n) is 8.96. The van der Waals surface area contributed by atoms with Gasteiger partial charge in [0.15, 0.2) is 0 Å². The SMILES string of the molecule is NCCOB(Oc1cccc2ccccc12)Oc1cccc2ccccc12. The maximum Gasteiger partial charge on any atom is 0.788 e. The summed E-state index contributed by atoms with van der Waals surface area (Å²) in [4.78, 5) is 0.